The minimum Gasteiger partial charge on any atom is -0.293 e. The zero-order valence-corrected chi connectivity index (χ0v) is 14.1. The highest BCUT2D eigenvalue weighted by atomic mass is 32.2. The van der Waals surface area contributed by atoms with Crippen LogP contribution in [-0.4, -0.2) is 21.5 Å². The average molecular weight is 322 g/mol. The monoisotopic (exact) mass is 322 g/mol. The normalized spacial score (nSPS) is 10.9. The summed E-state index contributed by atoms with van der Waals surface area (Å²) in [4.78, 5) is 21.3. The lowest BCUT2D eigenvalue weighted by Crippen LogP contribution is -2.03. The Kier molecular flexibility index (Phi) is 4.72. The van der Waals surface area contributed by atoms with Crippen LogP contribution in [0.4, 0.5) is 0 Å². The SMILES string of the molecule is CCc1ccc(C(=O)CSc2nc(C)nc3ccccc23)cc1. The number of carbonyl (C=O) groups excluding carboxylic acids is 1. The smallest absolute Gasteiger partial charge is 0.173 e. The number of carbonyl (C=O) groups is 1. The first-order valence-corrected chi connectivity index (χ1v) is 8.64. The van der Waals surface area contributed by atoms with Crippen molar-refractivity contribution in [1.82, 2.24) is 9.97 Å². The van der Waals surface area contributed by atoms with Crippen LogP contribution >= 0.6 is 11.8 Å². The highest BCUT2D eigenvalue weighted by Crippen LogP contribution is 2.25. The van der Waals surface area contributed by atoms with Crippen molar-refractivity contribution < 1.29 is 4.79 Å². The van der Waals surface area contributed by atoms with Gasteiger partial charge < -0.3 is 0 Å². The van der Waals surface area contributed by atoms with E-state index < -0.39 is 0 Å². The molecule has 0 N–H and O–H groups in total. The fraction of sp³-hybridized carbons (Fsp3) is 0.211. The predicted molar refractivity (Wildman–Crippen MR) is 95.1 cm³/mol. The van der Waals surface area contributed by atoms with Gasteiger partial charge >= 0.3 is 0 Å². The summed E-state index contributed by atoms with van der Waals surface area (Å²) in [5.41, 5.74) is 2.92. The molecule has 0 atom stereocenters. The number of thioether (sulfide) groups is 1. The number of rotatable bonds is 5. The van der Waals surface area contributed by atoms with Gasteiger partial charge in [0, 0.05) is 10.9 Å². The van der Waals surface area contributed by atoms with Crippen LogP contribution < -0.4 is 0 Å². The van der Waals surface area contributed by atoms with Gasteiger partial charge in [-0.1, -0.05) is 61.2 Å². The molecular formula is C19H18N2OS. The van der Waals surface area contributed by atoms with E-state index >= 15 is 0 Å². The van der Waals surface area contributed by atoms with Crippen LogP contribution in [0.5, 0.6) is 0 Å². The Morgan fingerprint density at radius 2 is 1.78 bits per heavy atom. The number of ketones is 1. The summed E-state index contributed by atoms with van der Waals surface area (Å²) >= 11 is 1.48. The highest BCUT2D eigenvalue weighted by molar-refractivity contribution is 8.00. The van der Waals surface area contributed by atoms with Crippen molar-refractivity contribution in [3.8, 4) is 0 Å². The summed E-state index contributed by atoms with van der Waals surface area (Å²) < 4.78 is 0. The Labute approximate surface area is 140 Å². The van der Waals surface area contributed by atoms with Crippen LogP contribution in [-0.2, 0) is 6.42 Å². The zero-order chi connectivity index (χ0) is 16.2. The van der Waals surface area contributed by atoms with Gasteiger partial charge in [0.15, 0.2) is 5.78 Å². The van der Waals surface area contributed by atoms with Crippen LogP contribution in [0, 0.1) is 6.92 Å². The number of benzene rings is 2. The molecule has 116 valence electrons. The van der Waals surface area contributed by atoms with Crippen molar-refractivity contribution in [2.24, 2.45) is 0 Å². The third-order valence-corrected chi connectivity index (χ3v) is 4.70. The number of hydrogen-bond donors (Lipinski definition) is 0. The molecule has 0 aliphatic rings. The van der Waals surface area contributed by atoms with Crippen molar-refractivity contribution in [3.63, 3.8) is 0 Å². The zero-order valence-electron chi connectivity index (χ0n) is 13.2. The second-order valence-electron chi connectivity index (χ2n) is 5.36. The predicted octanol–water partition coefficient (Wildman–Crippen LogP) is 4.48. The standard InChI is InChI=1S/C19H18N2OS/c1-3-14-8-10-15(11-9-14)18(22)12-23-19-16-6-4-5-7-17(16)20-13(2)21-19/h4-11H,3,12H2,1-2H3. The van der Waals surface area contributed by atoms with Crippen molar-refractivity contribution in [2.75, 3.05) is 5.75 Å². The molecule has 0 saturated heterocycles. The first-order valence-electron chi connectivity index (χ1n) is 7.65. The van der Waals surface area contributed by atoms with Gasteiger partial charge in [0.2, 0.25) is 0 Å². The Morgan fingerprint density at radius 3 is 2.52 bits per heavy atom. The number of hydrogen-bond acceptors (Lipinski definition) is 4. The Balaban J connectivity index is 1.78. The van der Waals surface area contributed by atoms with Crippen molar-refractivity contribution in [1.29, 1.82) is 0 Å². The van der Waals surface area contributed by atoms with Gasteiger partial charge in [-0.15, -0.1) is 0 Å². The van der Waals surface area contributed by atoms with E-state index in [0.717, 1.165) is 33.7 Å². The summed E-state index contributed by atoms with van der Waals surface area (Å²) in [6.07, 6.45) is 0.982. The Bertz CT molecular complexity index is 844. The third kappa shape index (κ3) is 3.59. The lowest BCUT2D eigenvalue weighted by molar-refractivity contribution is 0.102. The second kappa shape index (κ2) is 6.92. The number of aryl methyl sites for hydroxylation is 2. The van der Waals surface area contributed by atoms with E-state index in [1.165, 1.54) is 17.3 Å². The van der Waals surface area contributed by atoms with Gasteiger partial charge in [0.1, 0.15) is 10.9 Å². The van der Waals surface area contributed by atoms with Crippen molar-refractivity contribution >= 4 is 28.4 Å². The van der Waals surface area contributed by atoms with Crippen LogP contribution in [0.25, 0.3) is 10.9 Å². The summed E-state index contributed by atoms with van der Waals surface area (Å²) in [5.74, 6) is 1.23. The van der Waals surface area contributed by atoms with E-state index in [-0.39, 0.29) is 5.78 Å². The molecule has 0 saturated carbocycles. The molecule has 0 fully saturated rings. The molecular weight excluding hydrogens is 304 g/mol. The fourth-order valence-corrected chi connectivity index (χ4v) is 3.37. The van der Waals surface area contributed by atoms with E-state index in [9.17, 15) is 4.79 Å². The average Bonchev–Trinajstić information content (AvgIpc) is 2.59. The molecule has 0 bridgehead atoms. The van der Waals surface area contributed by atoms with E-state index in [0.29, 0.717) is 5.75 Å². The van der Waals surface area contributed by atoms with E-state index in [1.807, 2.05) is 55.5 Å². The number of aromatic nitrogens is 2. The molecule has 2 aromatic carbocycles. The largest absolute Gasteiger partial charge is 0.293 e. The van der Waals surface area contributed by atoms with Gasteiger partial charge in [-0.3, -0.25) is 4.79 Å². The molecule has 4 heteroatoms. The minimum atomic E-state index is 0.123. The molecule has 0 amide bonds. The molecule has 0 spiro atoms. The van der Waals surface area contributed by atoms with Crippen LogP contribution in [0.15, 0.2) is 53.6 Å². The molecule has 0 radical (unpaired) electrons. The Morgan fingerprint density at radius 1 is 1.04 bits per heavy atom. The molecule has 0 aliphatic heterocycles. The molecule has 0 unspecified atom stereocenters. The van der Waals surface area contributed by atoms with E-state index in [1.54, 1.807) is 0 Å². The Hall–Kier alpha value is -2.20. The van der Waals surface area contributed by atoms with Gasteiger partial charge in [0.05, 0.1) is 11.3 Å². The fourth-order valence-electron chi connectivity index (χ4n) is 2.41. The van der Waals surface area contributed by atoms with Crippen molar-refractivity contribution in [3.05, 3.63) is 65.5 Å². The molecule has 3 nitrogen and oxygen atoms in total. The maximum atomic E-state index is 12.4. The van der Waals surface area contributed by atoms with E-state index in [4.69, 9.17) is 0 Å². The lowest BCUT2D eigenvalue weighted by Gasteiger charge is -2.06. The van der Waals surface area contributed by atoms with E-state index in [2.05, 4.69) is 16.9 Å². The quantitative estimate of drug-likeness (QED) is 0.395. The first-order chi connectivity index (χ1) is 11.2. The maximum Gasteiger partial charge on any atom is 0.173 e. The van der Waals surface area contributed by atoms with Gasteiger partial charge in [-0.05, 0) is 25.0 Å². The molecule has 1 heterocycles. The summed E-state index contributed by atoms with van der Waals surface area (Å²) in [7, 11) is 0. The molecule has 3 rings (SSSR count). The van der Waals surface area contributed by atoms with Gasteiger partial charge in [-0.2, -0.15) is 0 Å². The number of Topliss-reactive ketones (excluding diaryl/α,β-unsaturated/α-hetero) is 1. The number of fused-ring (bicyclic) bond motifs is 1. The first kappa shape index (κ1) is 15.7. The van der Waals surface area contributed by atoms with Gasteiger partial charge in [-0.25, -0.2) is 9.97 Å². The molecule has 1 aromatic heterocycles. The molecule has 3 aromatic rings. The maximum absolute atomic E-state index is 12.4. The van der Waals surface area contributed by atoms with Gasteiger partial charge in [0.25, 0.3) is 0 Å². The second-order valence-corrected chi connectivity index (χ2v) is 6.32. The minimum absolute atomic E-state index is 0.123. The highest BCUT2D eigenvalue weighted by Gasteiger charge is 2.10. The van der Waals surface area contributed by atoms with Crippen molar-refractivity contribution in [2.45, 2.75) is 25.3 Å². The van der Waals surface area contributed by atoms with Crippen LogP contribution in [0.2, 0.25) is 0 Å². The van der Waals surface area contributed by atoms with Crippen LogP contribution in [0.3, 0.4) is 0 Å². The molecule has 23 heavy (non-hydrogen) atoms. The topological polar surface area (TPSA) is 42.9 Å². The third-order valence-electron chi connectivity index (χ3n) is 3.70. The van der Waals surface area contributed by atoms with Crippen LogP contribution in [0.1, 0.15) is 28.7 Å². The number of para-hydroxylation sites is 1. The summed E-state index contributed by atoms with van der Waals surface area (Å²) in [6.45, 7) is 3.98. The number of nitrogens with zero attached hydrogens (tertiary/aromatic N) is 2. The molecule has 0 aliphatic carbocycles. The summed E-state index contributed by atoms with van der Waals surface area (Å²) in [5, 5.41) is 1.86. The lowest BCUT2D eigenvalue weighted by atomic mass is 10.1. The summed E-state index contributed by atoms with van der Waals surface area (Å²) in [6, 6.07) is 15.7.